The Morgan fingerprint density at radius 1 is 1.40 bits per heavy atom. The Labute approximate surface area is 89.9 Å². The van der Waals surface area contributed by atoms with E-state index >= 15 is 0 Å². The smallest absolute Gasteiger partial charge is 0.154 e. The fraction of sp³-hybridized carbons (Fsp3) is 0.818. The largest absolute Gasteiger partial charge is 0.326 e. The van der Waals surface area contributed by atoms with Crippen molar-refractivity contribution in [1.82, 2.24) is 14.8 Å². The maximum atomic E-state index is 5.98. The Balaban J connectivity index is 1.92. The Kier molecular flexibility index (Phi) is 2.06. The normalized spacial score (nSPS) is 31.1. The number of nitrogens with zero attached hydrogens (tertiary/aromatic N) is 3. The van der Waals surface area contributed by atoms with E-state index in [0.29, 0.717) is 11.8 Å². The van der Waals surface area contributed by atoms with Crippen LogP contribution < -0.4 is 5.73 Å². The topological polar surface area (TPSA) is 56.7 Å². The minimum Gasteiger partial charge on any atom is -0.326 e. The third-order valence-corrected chi connectivity index (χ3v) is 3.69. The molecule has 2 atom stereocenters. The standard InChI is InChI=1S/C11H18N4/c1-7-5-9(12)6-15-11(7)13-10(14-15)8-3-2-4-8/h7-9H,2-6,12H2,1H3. The third kappa shape index (κ3) is 1.47. The first-order valence-electron chi connectivity index (χ1n) is 5.94. The summed E-state index contributed by atoms with van der Waals surface area (Å²) in [5.41, 5.74) is 5.98. The molecule has 1 saturated carbocycles. The molecule has 1 aromatic heterocycles. The molecule has 2 N–H and O–H groups in total. The molecule has 4 heteroatoms. The highest BCUT2D eigenvalue weighted by atomic mass is 15.4. The Morgan fingerprint density at radius 3 is 2.87 bits per heavy atom. The van der Waals surface area contributed by atoms with Crippen LogP contribution in [0.2, 0.25) is 0 Å². The second-order valence-corrected chi connectivity index (χ2v) is 5.03. The van der Waals surface area contributed by atoms with Crippen molar-refractivity contribution in [3.05, 3.63) is 11.6 Å². The molecule has 0 aromatic carbocycles. The van der Waals surface area contributed by atoms with Gasteiger partial charge in [-0.1, -0.05) is 13.3 Å². The van der Waals surface area contributed by atoms with E-state index in [2.05, 4.69) is 17.0 Å². The number of aromatic nitrogens is 3. The van der Waals surface area contributed by atoms with E-state index in [4.69, 9.17) is 5.73 Å². The summed E-state index contributed by atoms with van der Waals surface area (Å²) in [6, 6.07) is 0.253. The molecule has 0 amide bonds. The molecule has 2 aliphatic rings. The number of nitrogens with two attached hydrogens (primary N) is 1. The Bertz CT molecular complexity index is 367. The lowest BCUT2D eigenvalue weighted by Crippen LogP contribution is -2.34. The van der Waals surface area contributed by atoms with Gasteiger partial charge in [0, 0.05) is 17.9 Å². The Hall–Kier alpha value is -0.900. The van der Waals surface area contributed by atoms with Crippen LogP contribution in [0.3, 0.4) is 0 Å². The molecule has 0 radical (unpaired) electrons. The van der Waals surface area contributed by atoms with Gasteiger partial charge in [-0.2, -0.15) is 5.10 Å². The monoisotopic (exact) mass is 206 g/mol. The molecular formula is C11H18N4. The quantitative estimate of drug-likeness (QED) is 0.755. The lowest BCUT2D eigenvalue weighted by atomic mass is 9.85. The van der Waals surface area contributed by atoms with E-state index in [9.17, 15) is 0 Å². The van der Waals surface area contributed by atoms with Crippen LogP contribution in [0.15, 0.2) is 0 Å². The zero-order chi connectivity index (χ0) is 10.4. The van der Waals surface area contributed by atoms with Crippen LogP contribution in [0.25, 0.3) is 0 Å². The summed E-state index contributed by atoms with van der Waals surface area (Å²) in [4.78, 5) is 4.68. The van der Waals surface area contributed by atoms with E-state index in [1.807, 2.05) is 4.68 Å². The van der Waals surface area contributed by atoms with E-state index in [0.717, 1.165) is 24.6 Å². The van der Waals surface area contributed by atoms with Crippen LogP contribution in [0, 0.1) is 0 Å². The number of fused-ring (bicyclic) bond motifs is 1. The van der Waals surface area contributed by atoms with Gasteiger partial charge in [-0.05, 0) is 19.3 Å². The second-order valence-electron chi connectivity index (χ2n) is 5.03. The van der Waals surface area contributed by atoms with Gasteiger partial charge in [0.15, 0.2) is 5.82 Å². The summed E-state index contributed by atoms with van der Waals surface area (Å²) < 4.78 is 2.03. The van der Waals surface area contributed by atoms with Crippen LogP contribution in [-0.4, -0.2) is 20.8 Å². The summed E-state index contributed by atoms with van der Waals surface area (Å²) >= 11 is 0. The van der Waals surface area contributed by atoms with Gasteiger partial charge in [0.1, 0.15) is 5.82 Å². The van der Waals surface area contributed by atoms with Gasteiger partial charge in [-0.3, -0.25) is 0 Å². The Morgan fingerprint density at radius 2 is 2.20 bits per heavy atom. The minimum absolute atomic E-state index is 0.253. The highest BCUT2D eigenvalue weighted by Gasteiger charge is 2.29. The van der Waals surface area contributed by atoms with E-state index in [1.54, 1.807) is 0 Å². The first-order valence-corrected chi connectivity index (χ1v) is 5.94. The predicted molar refractivity (Wildman–Crippen MR) is 57.6 cm³/mol. The van der Waals surface area contributed by atoms with Crippen LogP contribution in [0.1, 0.15) is 56.1 Å². The first-order chi connectivity index (χ1) is 7.24. The fourth-order valence-corrected chi connectivity index (χ4v) is 2.57. The van der Waals surface area contributed by atoms with Gasteiger partial charge in [0.05, 0.1) is 6.54 Å². The molecule has 15 heavy (non-hydrogen) atoms. The average molecular weight is 206 g/mol. The van der Waals surface area contributed by atoms with Crippen LogP contribution in [0.5, 0.6) is 0 Å². The fourth-order valence-electron chi connectivity index (χ4n) is 2.57. The van der Waals surface area contributed by atoms with Crippen molar-refractivity contribution in [2.75, 3.05) is 0 Å². The van der Waals surface area contributed by atoms with Gasteiger partial charge in [-0.25, -0.2) is 9.67 Å². The van der Waals surface area contributed by atoms with Crippen LogP contribution >= 0.6 is 0 Å². The SMILES string of the molecule is CC1CC(N)Cn2nc(C3CCC3)nc21. The van der Waals surface area contributed by atoms with Gasteiger partial charge in [0.25, 0.3) is 0 Å². The van der Waals surface area contributed by atoms with Crippen LogP contribution in [0.4, 0.5) is 0 Å². The molecule has 4 nitrogen and oxygen atoms in total. The van der Waals surface area contributed by atoms with Crippen molar-refractivity contribution in [2.24, 2.45) is 5.73 Å². The van der Waals surface area contributed by atoms with E-state index in [1.165, 1.54) is 19.3 Å². The summed E-state index contributed by atoms with van der Waals surface area (Å²) in [5, 5.41) is 4.60. The predicted octanol–water partition coefficient (Wildman–Crippen LogP) is 1.38. The van der Waals surface area contributed by atoms with Crippen molar-refractivity contribution in [1.29, 1.82) is 0 Å². The molecule has 1 aliphatic heterocycles. The van der Waals surface area contributed by atoms with Gasteiger partial charge in [0.2, 0.25) is 0 Å². The average Bonchev–Trinajstić information content (AvgIpc) is 2.44. The molecule has 2 heterocycles. The van der Waals surface area contributed by atoms with Crippen molar-refractivity contribution in [3.8, 4) is 0 Å². The van der Waals surface area contributed by atoms with Gasteiger partial charge < -0.3 is 5.73 Å². The molecule has 0 bridgehead atoms. The minimum atomic E-state index is 0.253. The molecule has 3 rings (SSSR count). The zero-order valence-electron chi connectivity index (χ0n) is 9.19. The summed E-state index contributed by atoms with van der Waals surface area (Å²) in [6.45, 7) is 3.05. The molecule has 82 valence electrons. The van der Waals surface area contributed by atoms with Crippen LogP contribution in [-0.2, 0) is 6.54 Å². The maximum absolute atomic E-state index is 5.98. The summed E-state index contributed by atoms with van der Waals surface area (Å²) in [6.07, 6.45) is 4.92. The van der Waals surface area contributed by atoms with Gasteiger partial charge in [-0.15, -0.1) is 0 Å². The highest BCUT2D eigenvalue weighted by Crippen LogP contribution is 2.36. The van der Waals surface area contributed by atoms with Gasteiger partial charge >= 0.3 is 0 Å². The third-order valence-electron chi connectivity index (χ3n) is 3.69. The molecule has 2 unspecified atom stereocenters. The van der Waals surface area contributed by atoms with Crippen molar-refractivity contribution < 1.29 is 0 Å². The molecular weight excluding hydrogens is 188 g/mol. The number of rotatable bonds is 1. The summed E-state index contributed by atoms with van der Waals surface area (Å²) in [5.74, 6) is 3.32. The van der Waals surface area contributed by atoms with Crippen molar-refractivity contribution in [2.45, 2.75) is 57.0 Å². The van der Waals surface area contributed by atoms with Crippen molar-refractivity contribution in [3.63, 3.8) is 0 Å². The molecule has 1 aromatic rings. The molecule has 0 spiro atoms. The maximum Gasteiger partial charge on any atom is 0.154 e. The first kappa shape index (κ1) is 9.33. The van der Waals surface area contributed by atoms with E-state index < -0.39 is 0 Å². The highest BCUT2D eigenvalue weighted by molar-refractivity contribution is 5.08. The van der Waals surface area contributed by atoms with E-state index in [-0.39, 0.29) is 6.04 Å². The lowest BCUT2D eigenvalue weighted by molar-refractivity contribution is 0.374. The lowest BCUT2D eigenvalue weighted by Gasteiger charge is -2.23. The number of hydrogen-bond acceptors (Lipinski definition) is 3. The molecule has 0 saturated heterocycles. The molecule has 1 fully saturated rings. The zero-order valence-corrected chi connectivity index (χ0v) is 9.19. The van der Waals surface area contributed by atoms with Crippen molar-refractivity contribution >= 4 is 0 Å². The second kappa shape index (κ2) is 3.30. The summed E-state index contributed by atoms with van der Waals surface area (Å²) in [7, 11) is 0. The number of hydrogen-bond donors (Lipinski definition) is 1. The molecule has 1 aliphatic carbocycles.